The highest BCUT2D eigenvalue weighted by molar-refractivity contribution is 6.32. The fourth-order valence-electron chi connectivity index (χ4n) is 2.09. The third kappa shape index (κ3) is 2.17. The smallest absolute Gasteiger partial charge is 0.137 e. The minimum Gasteiger partial charge on any atom is -0.495 e. The summed E-state index contributed by atoms with van der Waals surface area (Å²) < 4.78 is 5.09. The number of nitrogens with one attached hydrogen (secondary N) is 1. The van der Waals surface area contributed by atoms with Gasteiger partial charge in [0.15, 0.2) is 0 Å². The Morgan fingerprint density at radius 2 is 2.31 bits per heavy atom. The Bertz CT molecular complexity index is 375. The first kappa shape index (κ1) is 11.7. The van der Waals surface area contributed by atoms with Crippen LogP contribution in [-0.4, -0.2) is 25.3 Å². The van der Waals surface area contributed by atoms with Crippen molar-refractivity contribution in [1.82, 2.24) is 5.32 Å². The molecule has 1 heterocycles. The molecule has 1 aromatic carbocycles. The molecule has 1 aromatic rings. The summed E-state index contributed by atoms with van der Waals surface area (Å²) in [5.74, 6) is 0.637. The highest BCUT2D eigenvalue weighted by Gasteiger charge is 2.31. The third-order valence-corrected chi connectivity index (χ3v) is 3.35. The monoisotopic (exact) mass is 241 g/mol. The van der Waals surface area contributed by atoms with Crippen molar-refractivity contribution in [2.45, 2.75) is 18.4 Å². The standard InChI is InChI=1S/C12H16ClNO2/c1-16-11-4-3-9(7-10(11)13)12(15)5-2-6-14-8-12/h3-4,7,14-15H,2,5-6,8H2,1H3. The normalized spacial score (nSPS) is 25.4. The van der Waals surface area contributed by atoms with Crippen molar-refractivity contribution in [3.8, 4) is 5.75 Å². The predicted octanol–water partition coefficient (Wildman–Crippen LogP) is 1.92. The number of rotatable bonds is 2. The van der Waals surface area contributed by atoms with Crippen LogP contribution in [0.2, 0.25) is 5.02 Å². The molecule has 16 heavy (non-hydrogen) atoms. The summed E-state index contributed by atoms with van der Waals surface area (Å²) in [6, 6.07) is 5.45. The van der Waals surface area contributed by atoms with Crippen molar-refractivity contribution in [3.05, 3.63) is 28.8 Å². The summed E-state index contributed by atoms with van der Waals surface area (Å²) in [5, 5.41) is 14.2. The van der Waals surface area contributed by atoms with Gasteiger partial charge in [-0.2, -0.15) is 0 Å². The Kier molecular flexibility index (Phi) is 3.38. The summed E-state index contributed by atoms with van der Waals surface area (Å²) in [5.41, 5.74) is 0.0549. The molecule has 0 spiro atoms. The van der Waals surface area contributed by atoms with Gasteiger partial charge in [-0.3, -0.25) is 0 Å². The van der Waals surface area contributed by atoms with Gasteiger partial charge in [0.2, 0.25) is 0 Å². The van der Waals surface area contributed by atoms with Crippen LogP contribution in [0.1, 0.15) is 18.4 Å². The molecule has 88 valence electrons. The molecule has 0 saturated carbocycles. The average molecular weight is 242 g/mol. The zero-order chi connectivity index (χ0) is 11.6. The molecule has 1 aliphatic heterocycles. The zero-order valence-corrected chi connectivity index (χ0v) is 10.0. The van der Waals surface area contributed by atoms with Gasteiger partial charge < -0.3 is 15.2 Å². The quantitative estimate of drug-likeness (QED) is 0.831. The van der Waals surface area contributed by atoms with Crippen LogP contribution >= 0.6 is 11.6 Å². The van der Waals surface area contributed by atoms with Crippen LogP contribution in [0.15, 0.2) is 18.2 Å². The van der Waals surface area contributed by atoms with E-state index in [2.05, 4.69) is 5.32 Å². The van der Waals surface area contributed by atoms with E-state index < -0.39 is 5.60 Å². The molecule has 0 aliphatic carbocycles. The molecule has 4 heteroatoms. The Morgan fingerprint density at radius 1 is 1.50 bits per heavy atom. The minimum atomic E-state index is -0.797. The van der Waals surface area contributed by atoms with Crippen molar-refractivity contribution in [2.75, 3.05) is 20.2 Å². The number of aliphatic hydroxyl groups is 1. The van der Waals surface area contributed by atoms with Crippen LogP contribution in [0.25, 0.3) is 0 Å². The summed E-state index contributed by atoms with van der Waals surface area (Å²) >= 11 is 6.05. The molecule has 0 amide bonds. The highest BCUT2D eigenvalue weighted by atomic mass is 35.5. The molecule has 1 fully saturated rings. The molecule has 2 N–H and O–H groups in total. The number of hydrogen-bond donors (Lipinski definition) is 2. The largest absolute Gasteiger partial charge is 0.495 e. The van der Waals surface area contributed by atoms with Gasteiger partial charge in [-0.15, -0.1) is 0 Å². The topological polar surface area (TPSA) is 41.5 Å². The van der Waals surface area contributed by atoms with Gasteiger partial charge in [-0.05, 0) is 37.1 Å². The molecule has 3 nitrogen and oxygen atoms in total. The molecule has 1 aliphatic rings. The van der Waals surface area contributed by atoms with Crippen LogP contribution in [0.5, 0.6) is 5.75 Å². The van der Waals surface area contributed by atoms with Crippen LogP contribution in [0, 0.1) is 0 Å². The second-order valence-electron chi connectivity index (χ2n) is 4.16. The van der Waals surface area contributed by atoms with Gasteiger partial charge in [0.1, 0.15) is 11.4 Å². The second kappa shape index (κ2) is 4.62. The summed E-state index contributed by atoms with van der Waals surface area (Å²) in [6.45, 7) is 1.54. The molecule has 1 saturated heterocycles. The second-order valence-corrected chi connectivity index (χ2v) is 4.57. The number of halogens is 1. The number of ether oxygens (including phenoxy) is 1. The van der Waals surface area contributed by atoms with Crippen molar-refractivity contribution < 1.29 is 9.84 Å². The number of methoxy groups -OCH3 is 1. The lowest BCUT2D eigenvalue weighted by Crippen LogP contribution is -2.43. The van der Waals surface area contributed by atoms with E-state index >= 15 is 0 Å². The van der Waals surface area contributed by atoms with E-state index in [-0.39, 0.29) is 0 Å². The molecule has 1 atom stereocenters. The summed E-state index contributed by atoms with van der Waals surface area (Å²) in [7, 11) is 1.58. The van der Waals surface area contributed by atoms with E-state index in [1.807, 2.05) is 6.07 Å². The number of hydrogen-bond acceptors (Lipinski definition) is 3. The minimum absolute atomic E-state index is 0.541. The average Bonchev–Trinajstić information content (AvgIpc) is 2.30. The molecule has 0 aromatic heterocycles. The van der Waals surface area contributed by atoms with E-state index in [1.54, 1.807) is 19.2 Å². The molecular weight excluding hydrogens is 226 g/mol. The molecule has 0 radical (unpaired) electrons. The predicted molar refractivity (Wildman–Crippen MR) is 64.0 cm³/mol. The van der Waals surface area contributed by atoms with Crippen molar-refractivity contribution in [1.29, 1.82) is 0 Å². The van der Waals surface area contributed by atoms with Gasteiger partial charge in [-0.1, -0.05) is 17.7 Å². The number of benzene rings is 1. The maximum atomic E-state index is 10.5. The van der Waals surface area contributed by atoms with Gasteiger partial charge in [-0.25, -0.2) is 0 Å². The first-order valence-electron chi connectivity index (χ1n) is 5.43. The molecule has 1 unspecified atom stereocenters. The van der Waals surface area contributed by atoms with E-state index in [4.69, 9.17) is 16.3 Å². The molecule has 0 bridgehead atoms. The lowest BCUT2D eigenvalue weighted by atomic mass is 9.87. The Balaban J connectivity index is 2.29. The fraction of sp³-hybridized carbons (Fsp3) is 0.500. The van der Waals surface area contributed by atoms with Gasteiger partial charge in [0.25, 0.3) is 0 Å². The van der Waals surface area contributed by atoms with Crippen molar-refractivity contribution in [3.63, 3.8) is 0 Å². The van der Waals surface area contributed by atoms with Crippen LogP contribution in [0.4, 0.5) is 0 Å². The van der Waals surface area contributed by atoms with Gasteiger partial charge in [0.05, 0.1) is 12.1 Å². The maximum absolute atomic E-state index is 10.5. The third-order valence-electron chi connectivity index (χ3n) is 3.05. The van der Waals surface area contributed by atoms with Crippen LogP contribution < -0.4 is 10.1 Å². The first-order chi connectivity index (χ1) is 7.65. The van der Waals surface area contributed by atoms with E-state index in [1.165, 1.54) is 0 Å². The first-order valence-corrected chi connectivity index (χ1v) is 5.81. The van der Waals surface area contributed by atoms with Crippen molar-refractivity contribution >= 4 is 11.6 Å². The number of piperidine rings is 1. The van der Waals surface area contributed by atoms with Crippen LogP contribution in [-0.2, 0) is 5.60 Å². The van der Waals surface area contributed by atoms with E-state index in [9.17, 15) is 5.11 Å². The van der Waals surface area contributed by atoms with E-state index in [0.717, 1.165) is 24.9 Å². The van der Waals surface area contributed by atoms with Gasteiger partial charge >= 0.3 is 0 Å². The number of β-amino-alcohol motifs (C(OH)–C–C–N with tert-alkyl or cyclic N) is 1. The SMILES string of the molecule is COc1ccc(C2(O)CCCNC2)cc1Cl. The lowest BCUT2D eigenvalue weighted by Gasteiger charge is -2.33. The molecule has 2 rings (SSSR count). The highest BCUT2D eigenvalue weighted by Crippen LogP contribution is 2.33. The fourth-order valence-corrected chi connectivity index (χ4v) is 2.35. The molecular formula is C12H16ClNO2. The zero-order valence-electron chi connectivity index (χ0n) is 9.29. The lowest BCUT2D eigenvalue weighted by molar-refractivity contribution is 0.0123. The Labute approximate surface area is 100 Å². The van der Waals surface area contributed by atoms with E-state index in [0.29, 0.717) is 17.3 Å². The van der Waals surface area contributed by atoms with Gasteiger partial charge in [0, 0.05) is 6.54 Å². The Morgan fingerprint density at radius 3 is 2.88 bits per heavy atom. The summed E-state index contributed by atoms with van der Waals surface area (Å²) in [6.07, 6.45) is 1.74. The maximum Gasteiger partial charge on any atom is 0.137 e. The summed E-state index contributed by atoms with van der Waals surface area (Å²) in [4.78, 5) is 0. The Hall–Kier alpha value is -0.770. The van der Waals surface area contributed by atoms with Crippen LogP contribution in [0.3, 0.4) is 0 Å². The van der Waals surface area contributed by atoms with Crippen molar-refractivity contribution in [2.24, 2.45) is 0 Å².